The summed E-state index contributed by atoms with van der Waals surface area (Å²) in [5, 5.41) is 9.78. The molecular formula is C15H30N2O2. The van der Waals surface area contributed by atoms with E-state index in [1.54, 1.807) is 0 Å². The van der Waals surface area contributed by atoms with Crippen LogP contribution in [0.2, 0.25) is 0 Å². The normalized spacial score (nSPS) is 24.6. The van der Waals surface area contributed by atoms with Crippen molar-refractivity contribution in [2.75, 3.05) is 19.6 Å². The van der Waals surface area contributed by atoms with E-state index in [4.69, 9.17) is 5.73 Å². The molecular weight excluding hydrogens is 240 g/mol. The van der Waals surface area contributed by atoms with Crippen molar-refractivity contribution in [2.24, 2.45) is 17.1 Å². The summed E-state index contributed by atoms with van der Waals surface area (Å²) in [5.41, 5.74) is 5.57. The zero-order chi connectivity index (χ0) is 14.5. The maximum Gasteiger partial charge on any atom is 0.230 e. The fraction of sp³-hybridized carbons (Fsp3) is 0.933. The van der Waals surface area contributed by atoms with Crippen LogP contribution in [-0.2, 0) is 4.79 Å². The van der Waals surface area contributed by atoms with Gasteiger partial charge < -0.3 is 15.7 Å². The highest BCUT2D eigenvalue weighted by Gasteiger charge is 2.40. The molecule has 4 nitrogen and oxygen atoms in total. The maximum atomic E-state index is 12.8. The molecule has 19 heavy (non-hydrogen) atoms. The Kier molecular flexibility index (Phi) is 6.27. The van der Waals surface area contributed by atoms with Gasteiger partial charge in [-0.25, -0.2) is 0 Å². The summed E-state index contributed by atoms with van der Waals surface area (Å²) in [4.78, 5) is 14.8. The van der Waals surface area contributed by atoms with Crippen LogP contribution in [0.1, 0.15) is 52.9 Å². The molecule has 0 spiro atoms. The maximum absolute atomic E-state index is 12.8. The molecule has 1 aliphatic rings. The average Bonchev–Trinajstić information content (AvgIpc) is 2.40. The number of carbonyl (C=O) groups excluding carboxylic acids is 1. The molecule has 1 amide bonds. The lowest BCUT2D eigenvalue weighted by Gasteiger charge is -2.41. The molecule has 4 heteroatoms. The molecule has 0 aromatic rings. The number of rotatable bonds is 6. The first-order valence-electron chi connectivity index (χ1n) is 7.68. The monoisotopic (exact) mass is 270 g/mol. The first kappa shape index (κ1) is 16.4. The molecule has 0 radical (unpaired) electrons. The predicted octanol–water partition coefficient (Wildman–Crippen LogP) is 1.76. The number of likely N-dealkylation sites (tertiary alicyclic amines) is 1. The second-order valence-corrected chi connectivity index (χ2v) is 6.07. The smallest absolute Gasteiger partial charge is 0.230 e. The van der Waals surface area contributed by atoms with Gasteiger partial charge >= 0.3 is 0 Å². The van der Waals surface area contributed by atoms with Crippen LogP contribution in [0.25, 0.3) is 0 Å². The minimum Gasteiger partial charge on any atom is -0.393 e. The first-order chi connectivity index (χ1) is 9.00. The van der Waals surface area contributed by atoms with Crippen molar-refractivity contribution in [3.05, 3.63) is 0 Å². The fourth-order valence-corrected chi connectivity index (χ4v) is 3.24. The molecule has 2 atom stereocenters. The number of hydrogen-bond donors (Lipinski definition) is 2. The van der Waals surface area contributed by atoms with Crippen LogP contribution in [0.5, 0.6) is 0 Å². The van der Waals surface area contributed by atoms with Gasteiger partial charge in [0.25, 0.3) is 0 Å². The topological polar surface area (TPSA) is 66.6 Å². The molecule has 1 saturated heterocycles. The van der Waals surface area contributed by atoms with Crippen molar-refractivity contribution in [1.82, 2.24) is 4.90 Å². The molecule has 112 valence electrons. The number of aliphatic hydroxyl groups is 1. The Balaban J connectivity index is 2.81. The SMILES string of the molecule is CCCC(CN)(CCC)C(=O)N1CCC(O)C(C)C1. The summed E-state index contributed by atoms with van der Waals surface area (Å²) >= 11 is 0. The minimum absolute atomic E-state index is 0.163. The van der Waals surface area contributed by atoms with Crippen LogP contribution in [0, 0.1) is 11.3 Å². The van der Waals surface area contributed by atoms with Crippen LogP contribution in [0.4, 0.5) is 0 Å². The highest BCUT2D eigenvalue weighted by molar-refractivity contribution is 5.83. The highest BCUT2D eigenvalue weighted by atomic mass is 16.3. The van der Waals surface area contributed by atoms with Crippen LogP contribution < -0.4 is 5.73 Å². The van der Waals surface area contributed by atoms with Crippen LogP contribution in [0.3, 0.4) is 0 Å². The van der Waals surface area contributed by atoms with Gasteiger partial charge in [0.05, 0.1) is 11.5 Å². The first-order valence-corrected chi connectivity index (χ1v) is 7.68. The number of amides is 1. The third-order valence-corrected chi connectivity index (χ3v) is 4.45. The number of carbonyl (C=O) groups is 1. The Morgan fingerprint density at radius 2 is 1.95 bits per heavy atom. The van der Waals surface area contributed by atoms with Crippen molar-refractivity contribution in [3.63, 3.8) is 0 Å². The van der Waals surface area contributed by atoms with E-state index in [1.807, 2.05) is 11.8 Å². The van der Waals surface area contributed by atoms with Crippen molar-refractivity contribution < 1.29 is 9.90 Å². The largest absolute Gasteiger partial charge is 0.393 e. The van der Waals surface area contributed by atoms with Gasteiger partial charge in [-0.3, -0.25) is 4.79 Å². The van der Waals surface area contributed by atoms with E-state index in [0.717, 1.165) is 25.7 Å². The van der Waals surface area contributed by atoms with Gasteiger partial charge in [0.2, 0.25) is 5.91 Å². The lowest BCUT2D eigenvalue weighted by atomic mass is 9.77. The molecule has 1 aliphatic heterocycles. The Morgan fingerprint density at radius 1 is 1.37 bits per heavy atom. The summed E-state index contributed by atoms with van der Waals surface area (Å²) in [7, 11) is 0. The molecule has 3 N–H and O–H groups in total. The molecule has 0 aliphatic carbocycles. The third kappa shape index (κ3) is 3.69. The Hall–Kier alpha value is -0.610. The van der Waals surface area contributed by atoms with Crippen LogP contribution in [-0.4, -0.2) is 41.7 Å². The summed E-state index contributed by atoms with van der Waals surface area (Å²) in [5.74, 6) is 0.369. The number of aliphatic hydroxyl groups excluding tert-OH is 1. The van der Waals surface area contributed by atoms with E-state index in [0.29, 0.717) is 26.1 Å². The molecule has 0 bridgehead atoms. The Bertz CT molecular complexity index is 288. The second kappa shape index (κ2) is 7.25. The van der Waals surface area contributed by atoms with Crippen molar-refractivity contribution in [1.29, 1.82) is 0 Å². The average molecular weight is 270 g/mol. The van der Waals surface area contributed by atoms with Crippen molar-refractivity contribution in [2.45, 2.75) is 59.0 Å². The number of nitrogens with two attached hydrogens (primary N) is 1. The fourth-order valence-electron chi connectivity index (χ4n) is 3.24. The zero-order valence-electron chi connectivity index (χ0n) is 12.7. The number of nitrogens with zero attached hydrogens (tertiary/aromatic N) is 1. The summed E-state index contributed by atoms with van der Waals surface area (Å²) in [6.45, 7) is 7.98. The van der Waals surface area contributed by atoms with E-state index >= 15 is 0 Å². The van der Waals surface area contributed by atoms with Gasteiger partial charge in [-0.2, -0.15) is 0 Å². The van der Waals surface area contributed by atoms with Crippen molar-refractivity contribution >= 4 is 5.91 Å². The van der Waals surface area contributed by atoms with Crippen LogP contribution in [0.15, 0.2) is 0 Å². The molecule has 0 aromatic heterocycles. The molecule has 2 unspecified atom stereocenters. The Labute approximate surface area is 117 Å². The van der Waals surface area contributed by atoms with Gasteiger partial charge in [0.1, 0.15) is 0 Å². The summed E-state index contributed by atoms with van der Waals surface area (Å²) < 4.78 is 0. The van der Waals surface area contributed by atoms with E-state index in [-0.39, 0.29) is 23.3 Å². The number of hydrogen-bond acceptors (Lipinski definition) is 3. The number of piperidine rings is 1. The van der Waals surface area contributed by atoms with E-state index in [2.05, 4.69) is 13.8 Å². The van der Waals surface area contributed by atoms with Gasteiger partial charge in [-0.15, -0.1) is 0 Å². The van der Waals surface area contributed by atoms with E-state index in [9.17, 15) is 9.90 Å². The van der Waals surface area contributed by atoms with E-state index in [1.165, 1.54) is 0 Å². The van der Waals surface area contributed by atoms with E-state index < -0.39 is 0 Å². The summed E-state index contributed by atoms with van der Waals surface area (Å²) in [6.07, 6.45) is 4.11. The quantitative estimate of drug-likeness (QED) is 0.773. The predicted molar refractivity (Wildman–Crippen MR) is 77.7 cm³/mol. The second-order valence-electron chi connectivity index (χ2n) is 6.07. The molecule has 0 aromatic carbocycles. The lowest BCUT2D eigenvalue weighted by molar-refractivity contribution is -0.146. The third-order valence-electron chi connectivity index (χ3n) is 4.45. The standard InChI is InChI=1S/C15H30N2O2/c1-4-7-15(11-16,8-5-2)14(19)17-9-6-13(18)12(3)10-17/h12-13,18H,4-11,16H2,1-3H3. The molecule has 1 fully saturated rings. The van der Waals surface area contributed by atoms with Gasteiger partial charge in [-0.05, 0) is 25.2 Å². The Morgan fingerprint density at radius 3 is 2.37 bits per heavy atom. The molecule has 0 saturated carbocycles. The van der Waals surface area contributed by atoms with Crippen LogP contribution >= 0.6 is 0 Å². The lowest BCUT2D eigenvalue weighted by Crippen LogP contribution is -2.53. The van der Waals surface area contributed by atoms with Gasteiger partial charge in [-0.1, -0.05) is 33.6 Å². The van der Waals surface area contributed by atoms with Gasteiger partial charge in [0.15, 0.2) is 0 Å². The van der Waals surface area contributed by atoms with Crippen molar-refractivity contribution in [3.8, 4) is 0 Å². The molecule has 1 rings (SSSR count). The summed E-state index contributed by atoms with van der Waals surface area (Å²) in [6, 6.07) is 0. The van der Waals surface area contributed by atoms with Gasteiger partial charge in [0, 0.05) is 19.6 Å². The minimum atomic E-state index is -0.383. The highest BCUT2D eigenvalue weighted by Crippen LogP contribution is 2.33. The molecule has 1 heterocycles. The zero-order valence-corrected chi connectivity index (χ0v) is 12.7.